The number of hydrogen-bond acceptors (Lipinski definition) is 5. The van der Waals surface area contributed by atoms with E-state index in [-0.39, 0.29) is 18.6 Å². The van der Waals surface area contributed by atoms with Crippen LogP contribution in [0.2, 0.25) is 0 Å². The van der Waals surface area contributed by atoms with Crippen LogP contribution in [0.4, 0.5) is 4.79 Å². The second-order valence-electron chi connectivity index (χ2n) is 6.97. The van der Waals surface area contributed by atoms with E-state index in [4.69, 9.17) is 9.47 Å². The minimum absolute atomic E-state index is 0.0606. The number of carbonyl (C=O) groups excluding carboxylic acids is 3. The number of carbonyl (C=O) groups is 3. The fourth-order valence-electron chi connectivity index (χ4n) is 1.42. The largest absolute Gasteiger partial charge is 0.458 e. The molecule has 0 radical (unpaired) electrons. The maximum Gasteiger partial charge on any atom is 0.408 e. The minimum Gasteiger partial charge on any atom is -0.458 e. The first-order valence-electron chi connectivity index (χ1n) is 7.02. The van der Waals surface area contributed by atoms with Gasteiger partial charge in [-0.15, -0.1) is 0 Å². The Morgan fingerprint density at radius 2 is 1.43 bits per heavy atom. The van der Waals surface area contributed by atoms with Crippen molar-refractivity contribution in [3.63, 3.8) is 0 Å². The van der Waals surface area contributed by atoms with Crippen molar-refractivity contribution in [2.45, 2.75) is 78.6 Å². The van der Waals surface area contributed by atoms with E-state index in [1.165, 1.54) is 6.92 Å². The summed E-state index contributed by atoms with van der Waals surface area (Å²) in [4.78, 5) is 34.9. The number of esters is 1. The number of nitrogens with one attached hydrogen (secondary N) is 1. The molecule has 1 amide bonds. The van der Waals surface area contributed by atoms with Gasteiger partial charge in [0.2, 0.25) is 0 Å². The molecule has 122 valence electrons. The second-order valence-corrected chi connectivity index (χ2v) is 6.97. The molecule has 0 aromatic rings. The van der Waals surface area contributed by atoms with Gasteiger partial charge in [0, 0.05) is 6.42 Å². The van der Waals surface area contributed by atoms with Crippen molar-refractivity contribution in [2.24, 2.45) is 0 Å². The number of hydrogen-bond donors (Lipinski definition) is 1. The van der Waals surface area contributed by atoms with Crippen molar-refractivity contribution in [1.29, 1.82) is 0 Å². The molecule has 0 saturated carbocycles. The fourth-order valence-corrected chi connectivity index (χ4v) is 1.42. The maximum atomic E-state index is 12.1. The number of Topliss-reactive ketones (excluding diaryl/α,β-unsaturated/α-hetero) is 1. The molecule has 21 heavy (non-hydrogen) atoms. The van der Waals surface area contributed by atoms with Crippen molar-refractivity contribution in [1.82, 2.24) is 5.32 Å². The van der Waals surface area contributed by atoms with Crippen LogP contribution in [0, 0.1) is 0 Å². The third kappa shape index (κ3) is 10.8. The molecule has 0 rings (SSSR count). The zero-order valence-electron chi connectivity index (χ0n) is 14.0. The number of ether oxygens (including phenoxy) is 2. The lowest BCUT2D eigenvalue weighted by atomic mass is 10.1. The Morgan fingerprint density at radius 3 is 1.81 bits per heavy atom. The lowest BCUT2D eigenvalue weighted by Crippen LogP contribution is -2.46. The second kappa shape index (κ2) is 7.43. The molecule has 6 nitrogen and oxygen atoms in total. The number of alkyl carbamates (subject to hydrolysis) is 1. The highest BCUT2D eigenvalue weighted by Gasteiger charge is 2.28. The smallest absolute Gasteiger partial charge is 0.408 e. The van der Waals surface area contributed by atoms with E-state index >= 15 is 0 Å². The van der Waals surface area contributed by atoms with E-state index in [0.717, 1.165) is 0 Å². The predicted molar refractivity (Wildman–Crippen MR) is 78.9 cm³/mol. The van der Waals surface area contributed by atoms with Crippen LogP contribution in [0.1, 0.15) is 61.3 Å². The lowest BCUT2D eigenvalue weighted by molar-refractivity contribution is -0.157. The molecule has 1 atom stereocenters. The molecular formula is C15H27NO5. The van der Waals surface area contributed by atoms with Gasteiger partial charge in [-0.3, -0.25) is 0 Å². The molecule has 0 heterocycles. The van der Waals surface area contributed by atoms with E-state index in [1.807, 2.05) is 0 Å². The molecule has 0 aliphatic heterocycles. The molecule has 0 aliphatic rings. The van der Waals surface area contributed by atoms with Crippen LogP contribution in [0.15, 0.2) is 0 Å². The van der Waals surface area contributed by atoms with Gasteiger partial charge in [-0.2, -0.15) is 0 Å². The summed E-state index contributed by atoms with van der Waals surface area (Å²) in [5.74, 6) is -0.635. The molecular weight excluding hydrogens is 274 g/mol. The fraction of sp³-hybridized carbons (Fsp3) is 0.800. The Balaban J connectivity index is 4.77. The topological polar surface area (TPSA) is 81.7 Å². The monoisotopic (exact) mass is 301 g/mol. The molecule has 0 saturated heterocycles. The summed E-state index contributed by atoms with van der Waals surface area (Å²) in [6.07, 6.45) is -0.342. The average molecular weight is 301 g/mol. The summed E-state index contributed by atoms with van der Waals surface area (Å²) in [6.45, 7) is 11.8. The van der Waals surface area contributed by atoms with Crippen molar-refractivity contribution in [3.05, 3.63) is 0 Å². The quantitative estimate of drug-likeness (QED) is 0.789. The first-order valence-corrected chi connectivity index (χ1v) is 7.02. The zero-order chi connectivity index (χ0) is 16.8. The normalized spacial score (nSPS) is 13.3. The van der Waals surface area contributed by atoms with Gasteiger partial charge in [0.05, 0.1) is 0 Å². The van der Waals surface area contributed by atoms with Crippen LogP contribution in [-0.2, 0) is 19.1 Å². The first-order chi connectivity index (χ1) is 9.30. The zero-order valence-corrected chi connectivity index (χ0v) is 14.0. The molecule has 6 heteroatoms. The third-order valence-electron chi connectivity index (χ3n) is 2.17. The van der Waals surface area contributed by atoms with Crippen molar-refractivity contribution in [2.75, 3.05) is 0 Å². The van der Waals surface area contributed by atoms with Gasteiger partial charge >= 0.3 is 12.1 Å². The molecule has 0 aromatic heterocycles. The van der Waals surface area contributed by atoms with E-state index in [9.17, 15) is 14.4 Å². The third-order valence-corrected chi connectivity index (χ3v) is 2.17. The van der Waals surface area contributed by atoms with E-state index < -0.39 is 29.3 Å². The SMILES string of the molecule is CC(=O)CC[C@@H](NC(=O)OC(C)(C)C)C(=O)OC(C)(C)C. The summed E-state index contributed by atoms with van der Waals surface area (Å²) in [5, 5.41) is 2.46. The summed E-state index contributed by atoms with van der Waals surface area (Å²) in [6, 6.07) is -0.900. The Morgan fingerprint density at radius 1 is 0.952 bits per heavy atom. The Hall–Kier alpha value is -1.59. The van der Waals surface area contributed by atoms with Gasteiger partial charge in [0.25, 0.3) is 0 Å². The first kappa shape index (κ1) is 19.4. The van der Waals surface area contributed by atoms with Gasteiger partial charge < -0.3 is 19.6 Å². The van der Waals surface area contributed by atoms with Crippen LogP contribution in [0.25, 0.3) is 0 Å². The highest BCUT2D eigenvalue weighted by Crippen LogP contribution is 2.12. The van der Waals surface area contributed by atoms with Crippen molar-refractivity contribution < 1.29 is 23.9 Å². The average Bonchev–Trinajstić information content (AvgIpc) is 2.18. The number of ketones is 1. The number of amides is 1. The summed E-state index contributed by atoms with van der Waals surface area (Å²) in [7, 11) is 0. The molecule has 0 unspecified atom stereocenters. The summed E-state index contributed by atoms with van der Waals surface area (Å²) >= 11 is 0. The van der Waals surface area contributed by atoms with Crippen LogP contribution < -0.4 is 5.32 Å². The molecule has 0 spiro atoms. The van der Waals surface area contributed by atoms with Gasteiger partial charge in [-0.1, -0.05) is 0 Å². The lowest BCUT2D eigenvalue weighted by Gasteiger charge is -2.26. The van der Waals surface area contributed by atoms with Crippen LogP contribution in [-0.4, -0.2) is 35.1 Å². The maximum absolute atomic E-state index is 12.1. The Kier molecular flexibility index (Phi) is 6.86. The highest BCUT2D eigenvalue weighted by molar-refractivity contribution is 5.83. The van der Waals surface area contributed by atoms with E-state index in [1.54, 1.807) is 41.5 Å². The van der Waals surface area contributed by atoms with Crippen LogP contribution in [0.5, 0.6) is 0 Å². The van der Waals surface area contributed by atoms with Crippen LogP contribution in [0.3, 0.4) is 0 Å². The van der Waals surface area contributed by atoms with Crippen molar-refractivity contribution in [3.8, 4) is 0 Å². The molecule has 0 bridgehead atoms. The minimum atomic E-state index is -0.900. The van der Waals surface area contributed by atoms with Gasteiger partial charge in [0.1, 0.15) is 23.0 Å². The van der Waals surface area contributed by atoms with Gasteiger partial charge in [-0.25, -0.2) is 9.59 Å². The van der Waals surface area contributed by atoms with Crippen LogP contribution >= 0.6 is 0 Å². The summed E-state index contributed by atoms with van der Waals surface area (Å²) < 4.78 is 10.4. The number of rotatable bonds is 5. The predicted octanol–water partition coefficient (Wildman–Crippen LogP) is 2.59. The summed E-state index contributed by atoms with van der Waals surface area (Å²) in [5.41, 5.74) is -1.33. The Labute approximate surface area is 126 Å². The van der Waals surface area contributed by atoms with Gasteiger partial charge in [-0.05, 0) is 54.9 Å². The molecule has 0 aromatic carbocycles. The van der Waals surface area contributed by atoms with E-state index in [0.29, 0.717) is 0 Å². The molecule has 1 N–H and O–H groups in total. The Bertz CT molecular complexity index is 390. The standard InChI is InChI=1S/C15H27NO5/c1-10(17)8-9-11(12(18)20-14(2,3)4)16-13(19)21-15(5,6)7/h11H,8-9H2,1-7H3,(H,16,19)/t11-/m1/s1. The highest BCUT2D eigenvalue weighted by atomic mass is 16.6. The molecule has 0 fully saturated rings. The van der Waals surface area contributed by atoms with Crippen molar-refractivity contribution >= 4 is 17.8 Å². The van der Waals surface area contributed by atoms with Gasteiger partial charge in [0.15, 0.2) is 0 Å². The molecule has 0 aliphatic carbocycles. The van der Waals surface area contributed by atoms with E-state index in [2.05, 4.69) is 5.32 Å².